The summed E-state index contributed by atoms with van der Waals surface area (Å²) in [5.41, 5.74) is 5.33. The number of nitrogens with one attached hydrogen (secondary N) is 1. The molecule has 13 nitrogen and oxygen atoms in total. The standard InChI is InChI=1S/C35H43N9O4/c1-21-17-23(9-10-26(21)22(2)38-30(45)31-40-32(41-48-31)34(3,4)5)29-28-11-14-36-44(28)20-27(39-29)24-18-37-43(19-24)25-12-15-42(16-13-25)33(46)47-35(6,7)8/h9-11,14,17-20,22,25H,12-13,15-16H2,1-8H3,(H,38,45)/t22-/m1/s1. The summed E-state index contributed by atoms with van der Waals surface area (Å²) in [4.78, 5) is 36.5. The molecule has 252 valence electrons. The second-order valence-electron chi connectivity index (χ2n) is 14.5. The number of carbonyl (C=O) groups is 2. The third-order valence-corrected chi connectivity index (χ3v) is 8.43. The van der Waals surface area contributed by atoms with Crippen LogP contribution in [0.5, 0.6) is 0 Å². The fourth-order valence-corrected chi connectivity index (χ4v) is 5.85. The van der Waals surface area contributed by atoms with E-state index >= 15 is 0 Å². The Morgan fingerprint density at radius 1 is 1.00 bits per heavy atom. The van der Waals surface area contributed by atoms with E-state index in [1.54, 1.807) is 11.1 Å². The molecule has 48 heavy (non-hydrogen) atoms. The first kappa shape index (κ1) is 32.9. The molecular weight excluding hydrogens is 610 g/mol. The molecule has 0 unspecified atom stereocenters. The largest absolute Gasteiger partial charge is 0.444 e. The van der Waals surface area contributed by atoms with Gasteiger partial charge in [-0.2, -0.15) is 15.2 Å². The van der Waals surface area contributed by atoms with Crippen molar-refractivity contribution in [1.82, 2.24) is 44.7 Å². The van der Waals surface area contributed by atoms with E-state index < -0.39 is 11.5 Å². The maximum atomic E-state index is 12.9. The minimum absolute atomic E-state index is 0.0558. The summed E-state index contributed by atoms with van der Waals surface area (Å²) >= 11 is 0. The number of likely N-dealkylation sites (tertiary alicyclic amines) is 1. The van der Waals surface area contributed by atoms with Crippen molar-refractivity contribution >= 4 is 17.5 Å². The Bertz CT molecular complexity index is 1950. The lowest BCUT2D eigenvalue weighted by atomic mass is 9.96. The van der Waals surface area contributed by atoms with E-state index in [4.69, 9.17) is 14.2 Å². The zero-order chi connectivity index (χ0) is 34.4. The van der Waals surface area contributed by atoms with Gasteiger partial charge in [-0.3, -0.25) is 9.48 Å². The first-order valence-corrected chi connectivity index (χ1v) is 16.3. The maximum absolute atomic E-state index is 12.9. The van der Waals surface area contributed by atoms with Crippen molar-refractivity contribution in [1.29, 1.82) is 0 Å². The Morgan fingerprint density at radius 2 is 1.75 bits per heavy atom. The highest BCUT2D eigenvalue weighted by molar-refractivity contribution is 5.89. The van der Waals surface area contributed by atoms with E-state index in [1.165, 1.54) is 0 Å². The summed E-state index contributed by atoms with van der Waals surface area (Å²) in [6.07, 6.45) is 8.81. The molecule has 0 spiro atoms. The molecule has 0 radical (unpaired) electrons. The highest BCUT2D eigenvalue weighted by Gasteiger charge is 2.29. The van der Waals surface area contributed by atoms with Crippen LogP contribution < -0.4 is 5.32 Å². The van der Waals surface area contributed by atoms with Gasteiger partial charge in [0.05, 0.1) is 47.6 Å². The van der Waals surface area contributed by atoms with Crippen LogP contribution in [-0.4, -0.2) is 70.1 Å². The van der Waals surface area contributed by atoms with Crippen molar-refractivity contribution in [3.05, 3.63) is 71.9 Å². The van der Waals surface area contributed by atoms with E-state index in [1.807, 2.05) is 101 Å². The fraction of sp³-hybridized carbons (Fsp3) is 0.457. The number of nitrogens with zero attached hydrogens (tertiary/aromatic N) is 8. The zero-order valence-electron chi connectivity index (χ0n) is 28.8. The van der Waals surface area contributed by atoms with Gasteiger partial charge in [-0.25, -0.2) is 14.3 Å². The van der Waals surface area contributed by atoms with Crippen LogP contribution in [0.2, 0.25) is 0 Å². The van der Waals surface area contributed by atoms with Crippen molar-refractivity contribution < 1.29 is 18.8 Å². The molecule has 1 aromatic carbocycles. The zero-order valence-corrected chi connectivity index (χ0v) is 28.8. The summed E-state index contributed by atoms with van der Waals surface area (Å²) in [7, 11) is 0. The van der Waals surface area contributed by atoms with Gasteiger partial charge in [0.25, 0.3) is 0 Å². The number of rotatable bonds is 6. The summed E-state index contributed by atoms with van der Waals surface area (Å²) in [6, 6.07) is 7.90. The van der Waals surface area contributed by atoms with Gasteiger partial charge < -0.3 is 19.5 Å². The van der Waals surface area contributed by atoms with Crippen molar-refractivity contribution in [3.63, 3.8) is 0 Å². The molecule has 1 atom stereocenters. The summed E-state index contributed by atoms with van der Waals surface area (Å²) < 4.78 is 14.6. The Labute approximate surface area is 279 Å². The quantitative estimate of drug-likeness (QED) is 0.223. The molecule has 13 heteroatoms. The van der Waals surface area contributed by atoms with Crippen LogP contribution in [-0.2, 0) is 10.2 Å². The minimum Gasteiger partial charge on any atom is -0.444 e. The predicted molar refractivity (Wildman–Crippen MR) is 179 cm³/mol. The normalized spacial score (nSPS) is 15.1. The molecule has 0 saturated carbocycles. The first-order chi connectivity index (χ1) is 22.7. The number of amides is 2. The monoisotopic (exact) mass is 653 g/mol. The molecule has 0 bridgehead atoms. The lowest BCUT2D eigenvalue weighted by Gasteiger charge is -2.33. The van der Waals surface area contributed by atoms with Crippen LogP contribution in [0.1, 0.15) is 101 Å². The van der Waals surface area contributed by atoms with Gasteiger partial charge in [0.15, 0.2) is 5.82 Å². The van der Waals surface area contributed by atoms with E-state index in [0.717, 1.165) is 52.0 Å². The van der Waals surface area contributed by atoms with E-state index in [-0.39, 0.29) is 29.5 Å². The molecule has 1 aliphatic heterocycles. The Balaban J connectivity index is 1.19. The number of carbonyl (C=O) groups excluding carboxylic acids is 2. The number of hydrogen-bond acceptors (Lipinski definition) is 9. The molecule has 1 N–H and O–H groups in total. The van der Waals surface area contributed by atoms with Crippen molar-refractivity contribution in [2.45, 2.75) is 91.3 Å². The molecule has 4 aromatic heterocycles. The van der Waals surface area contributed by atoms with Gasteiger partial charge in [-0.1, -0.05) is 38.1 Å². The molecular formula is C35H43N9O4. The fourth-order valence-electron chi connectivity index (χ4n) is 5.85. The second kappa shape index (κ2) is 12.5. The number of benzene rings is 1. The lowest BCUT2D eigenvalue weighted by molar-refractivity contribution is 0.0184. The van der Waals surface area contributed by atoms with Gasteiger partial charge in [0, 0.05) is 35.8 Å². The van der Waals surface area contributed by atoms with Gasteiger partial charge >= 0.3 is 17.9 Å². The SMILES string of the molecule is Cc1cc(-c2nc(-c3cnn(C4CCN(C(=O)OC(C)(C)C)CC4)c3)cn3nccc23)ccc1[C@@H](C)NC(=O)c1nc(C(C)(C)C)no1. The molecule has 0 aliphatic carbocycles. The van der Waals surface area contributed by atoms with Gasteiger partial charge in [-0.15, -0.1) is 0 Å². The number of aryl methyl sites for hydroxylation is 1. The van der Waals surface area contributed by atoms with Crippen LogP contribution in [0.25, 0.3) is 28.0 Å². The number of fused-ring (bicyclic) bond motifs is 1. The van der Waals surface area contributed by atoms with Crippen LogP contribution in [0.15, 0.2) is 53.6 Å². The average molecular weight is 654 g/mol. The molecule has 1 aliphatic rings. The smallest absolute Gasteiger partial charge is 0.410 e. The Kier molecular flexibility index (Phi) is 8.56. The van der Waals surface area contributed by atoms with E-state index in [0.29, 0.717) is 18.9 Å². The lowest BCUT2D eigenvalue weighted by Crippen LogP contribution is -2.42. The molecule has 1 fully saturated rings. The van der Waals surface area contributed by atoms with E-state index in [2.05, 4.69) is 31.7 Å². The highest BCUT2D eigenvalue weighted by Crippen LogP contribution is 2.31. The topological polar surface area (TPSA) is 146 Å². The number of aromatic nitrogens is 7. The van der Waals surface area contributed by atoms with Crippen LogP contribution >= 0.6 is 0 Å². The first-order valence-electron chi connectivity index (χ1n) is 16.3. The Morgan fingerprint density at radius 3 is 2.42 bits per heavy atom. The summed E-state index contributed by atoms with van der Waals surface area (Å²) in [5.74, 6) is 0.00735. The minimum atomic E-state index is -0.517. The predicted octanol–water partition coefficient (Wildman–Crippen LogP) is 6.31. The molecule has 6 rings (SSSR count). The van der Waals surface area contributed by atoms with Crippen molar-refractivity contribution in [2.24, 2.45) is 0 Å². The van der Waals surface area contributed by atoms with Gasteiger partial charge in [0.2, 0.25) is 0 Å². The summed E-state index contributed by atoms with van der Waals surface area (Å²) in [5, 5.41) is 16.1. The molecule has 2 amide bonds. The second-order valence-corrected chi connectivity index (χ2v) is 14.5. The highest BCUT2D eigenvalue weighted by atomic mass is 16.6. The van der Waals surface area contributed by atoms with Crippen molar-refractivity contribution in [3.8, 4) is 22.5 Å². The van der Waals surface area contributed by atoms with Crippen LogP contribution in [0, 0.1) is 6.92 Å². The molecule has 5 heterocycles. The third-order valence-electron chi connectivity index (χ3n) is 8.43. The Hall–Kier alpha value is -5.07. The number of hydrogen-bond donors (Lipinski definition) is 1. The summed E-state index contributed by atoms with van der Waals surface area (Å²) in [6.45, 7) is 16.7. The average Bonchev–Trinajstić information content (AvgIpc) is 3.80. The van der Waals surface area contributed by atoms with Gasteiger partial charge in [-0.05, 0) is 70.7 Å². The number of ether oxygens (including phenoxy) is 1. The molecule has 1 saturated heterocycles. The van der Waals surface area contributed by atoms with Crippen LogP contribution in [0.3, 0.4) is 0 Å². The van der Waals surface area contributed by atoms with Gasteiger partial charge in [0.1, 0.15) is 5.60 Å². The van der Waals surface area contributed by atoms with Crippen LogP contribution in [0.4, 0.5) is 4.79 Å². The third kappa shape index (κ3) is 6.95. The molecule has 5 aromatic rings. The van der Waals surface area contributed by atoms with E-state index in [9.17, 15) is 9.59 Å². The number of piperidine rings is 1. The maximum Gasteiger partial charge on any atom is 0.410 e. The van der Waals surface area contributed by atoms with Crippen molar-refractivity contribution in [2.75, 3.05) is 13.1 Å².